The van der Waals surface area contributed by atoms with Crippen LogP contribution in [0.15, 0.2) is 78.9 Å². The number of likely N-dealkylation sites (tertiary alicyclic amines) is 1. The minimum Gasteiger partial charge on any atom is -0.467 e. The van der Waals surface area contributed by atoms with Crippen molar-refractivity contribution < 1.29 is 34.0 Å². The van der Waals surface area contributed by atoms with Gasteiger partial charge in [-0.25, -0.2) is 9.59 Å². The molecular formula is C35H43N3O7. The van der Waals surface area contributed by atoms with E-state index in [0.29, 0.717) is 19.4 Å². The number of aliphatic hydroxyl groups is 2. The van der Waals surface area contributed by atoms with Gasteiger partial charge in [0.1, 0.15) is 6.04 Å². The third kappa shape index (κ3) is 8.90. The molecule has 10 nitrogen and oxygen atoms in total. The van der Waals surface area contributed by atoms with E-state index in [9.17, 15) is 19.8 Å². The number of amides is 2. The summed E-state index contributed by atoms with van der Waals surface area (Å²) in [5.41, 5.74) is 4.51. The van der Waals surface area contributed by atoms with E-state index in [0.717, 1.165) is 47.2 Å². The number of hydrogen-bond acceptors (Lipinski definition) is 8. The van der Waals surface area contributed by atoms with Crippen molar-refractivity contribution in [3.63, 3.8) is 0 Å². The van der Waals surface area contributed by atoms with Crippen LogP contribution in [-0.4, -0.2) is 72.1 Å². The Bertz CT molecular complexity index is 1370. The molecule has 2 heterocycles. The fraction of sp³-hybridized carbons (Fsp3) is 0.429. The van der Waals surface area contributed by atoms with Gasteiger partial charge >= 0.3 is 12.0 Å². The second-order valence-corrected chi connectivity index (χ2v) is 11.7. The van der Waals surface area contributed by atoms with Crippen molar-refractivity contribution in [3.05, 3.63) is 107 Å². The quantitative estimate of drug-likeness (QED) is 0.226. The maximum atomic E-state index is 12.7. The van der Waals surface area contributed by atoms with Crippen LogP contribution in [0.25, 0.3) is 0 Å². The zero-order chi connectivity index (χ0) is 31.6. The fourth-order valence-corrected chi connectivity index (χ4v) is 6.01. The number of esters is 1. The SMILES string of the molecule is COC(=O)C(Cc1ccccc1)NC(=O)NCc1ccc(C2OC(CN3CCCC3CO)CC(c3ccc(CO)cc3)O2)cc1. The monoisotopic (exact) mass is 617 g/mol. The Labute approximate surface area is 264 Å². The van der Waals surface area contributed by atoms with Crippen LogP contribution >= 0.6 is 0 Å². The van der Waals surface area contributed by atoms with Gasteiger partial charge in [0, 0.05) is 37.5 Å². The molecule has 5 unspecified atom stereocenters. The number of rotatable bonds is 12. The second kappa shape index (κ2) is 16.0. The molecule has 0 saturated carbocycles. The molecule has 45 heavy (non-hydrogen) atoms. The maximum Gasteiger partial charge on any atom is 0.328 e. The smallest absolute Gasteiger partial charge is 0.328 e. The van der Waals surface area contributed by atoms with Gasteiger partial charge in [-0.1, -0.05) is 78.9 Å². The number of ether oxygens (including phenoxy) is 3. The van der Waals surface area contributed by atoms with E-state index in [1.807, 2.05) is 78.9 Å². The number of carbonyl (C=O) groups is 2. The van der Waals surface area contributed by atoms with Gasteiger partial charge in [-0.3, -0.25) is 4.90 Å². The highest BCUT2D eigenvalue weighted by Crippen LogP contribution is 2.38. The molecule has 0 aliphatic carbocycles. The molecule has 2 amide bonds. The zero-order valence-electron chi connectivity index (χ0n) is 25.6. The summed E-state index contributed by atoms with van der Waals surface area (Å²) in [6.45, 7) is 2.04. The molecule has 3 aromatic carbocycles. The molecule has 0 bridgehead atoms. The van der Waals surface area contributed by atoms with Crippen LogP contribution in [0.1, 0.15) is 59.5 Å². The van der Waals surface area contributed by atoms with Crippen LogP contribution in [0.3, 0.4) is 0 Å². The number of carbonyl (C=O) groups excluding carboxylic acids is 2. The summed E-state index contributed by atoms with van der Waals surface area (Å²) in [6.07, 6.45) is 2.17. The Morgan fingerprint density at radius 1 is 0.933 bits per heavy atom. The van der Waals surface area contributed by atoms with Crippen LogP contribution in [0, 0.1) is 0 Å². The van der Waals surface area contributed by atoms with Crippen LogP contribution in [-0.2, 0) is 38.6 Å². The number of nitrogens with one attached hydrogen (secondary N) is 2. The lowest BCUT2D eigenvalue weighted by molar-refractivity contribution is -0.253. The third-order valence-corrected chi connectivity index (χ3v) is 8.54. The molecule has 0 radical (unpaired) electrons. The summed E-state index contributed by atoms with van der Waals surface area (Å²) in [6, 6.07) is 23.8. The Kier molecular flexibility index (Phi) is 11.6. The topological polar surface area (TPSA) is 130 Å². The summed E-state index contributed by atoms with van der Waals surface area (Å²) in [7, 11) is 1.30. The summed E-state index contributed by atoms with van der Waals surface area (Å²) in [4.78, 5) is 27.3. The molecule has 2 aliphatic heterocycles. The van der Waals surface area contributed by atoms with Crippen molar-refractivity contribution in [3.8, 4) is 0 Å². The number of urea groups is 1. The van der Waals surface area contributed by atoms with E-state index in [4.69, 9.17) is 14.2 Å². The lowest BCUT2D eigenvalue weighted by Gasteiger charge is -2.38. The standard InChI is InChI=1S/C35H43N3O7/c1-43-33(41)31(18-24-6-3-2-4-7-24)37-35(42)36-20-25-9-15-28(16-10-25)34-44-30(21-38-17-5-8-29(38)23-40)19-32(45-34)27-13-11-26(22-39)12-14-27/h2-4,6-7,9-16,29-32,34,39-40H,5,8,17-23H2,1H3,(H2,36,37,42). The summed E-state index contributed by atoms with van der Waals surface area (Å²) < 4.78 is 17.8. The van der Waals surface area contributed by atoms with Crippen LogP contribution < -0.4 is 10.6 Å². The number of methoxy groups -OCH3 is 1. The largest absolute Gasteiger partial charge is 0.467 e. The van der Waals surface area contributed by atoms with Crippen LogP contribution in [0.4, 0.5) is 4.79 Å². The van der Waals surface area contributed by atoms with Crippen LogP contribution in [0.2, 0.25) is 0 Å². The minimum atomic E-state index is -0.811. The van der Waals surface area contributed by atoms with Gasteiger partial charge in [-0.15, -0.1) is 0 Å². The van der Waals surface area contributed by atoms with Gasteiger partial charge in [-0.2, -0.15) is 0 Å². The van der Waals surface area contributed by atoms with Crippen molar-refractivity contribution in [2.24, 2.45) is 0 Å². The number of hydrogen-bond donors (Lipinski definition) is 4. The average molecular weight is 618 g/mol. The molecule has 5 rings (SSSR count). The van der Waals surface area contributed by atoms with Crippen molar-refractivity contribution in [1.29, 1.82) is 0 Å². The molecule has 0 spiro atoms. The van der Waals surface area contributed by atoms with Crippen LogP contribution in [0.5, 0.6) is 0 Å². The third-order valence-electron chi connectivity index (χ3n) is 8.54. The first-order chi connectivity index (χ1) is 21.9. The minimum absolute atomic E-state index is 0.0138. The summed E-state index contributed by atoms with van der Waals surface area (Å²) >= 11 is 0. The highest BCUT2D eigenvalue weighted by Gasteiger charge is 2.35. The molecule has 2 aliphatic rings. The molecule has 240 valence electrons. The van der Waals surface area contributed by atoms with Gasteiger partial charge in [-0.05, 0) is 41.6 Å². The van der Waals surface area contributed by atoms with E-state index in [1.54, 1.807) is 0 Å². The van der Waals surface area contributed by atoms with Gasteiger partial charge in [0.2, 0.25) is 0 Å². The van der Waals surface area contributed by atoms with Gasteiger partial charge in [0.05, 0.1) is 32.5 Å². The Balaban J connectivity index is 1.21. The van der Waals surface area contributed by atoms with E-state index < -0.39 is 24.3 Å². The molecule has 10 heteroatoms. The van der Waals surface area contributed by atoms with Gasteiger partial charge < -0.3 is 35.1 Å². The Hall–Kier alpha value is -3.80. The highest BCUT2D eigenvalue weighted by atomic mass is 16.7. The predicted octanol–water partition coefficient (Wildman–Crippen LogP) is 3.76. The van der Waals surface area contributed by atoms with E-state index >= 15 is 0 Å². The maximum absolute atomic E-state index is 12.7. The molecular weight excluding hydrogens is 574 g/mol. The molecule has 2 saturated heterocycles. The number of aliphatic hydroxyl groups excluding tert-OH is 2. The van der Waals surface area contributed by atoms with E-state index in [2.05, 4.69) is 15.5 Å². The zero-order valence-corrected chi connectivity index (χ0v) is 25.6. The second-order valence-electron chi connectivity index (χ2n) is 11.7. The van der Waals surface area contributed by atoms with Gasteiger partial charge in [0.15, 0.2) is 6.29 Å². The van der Waals surface area contributed by atoms with E-state index in [-0.39, 0.29) is 38.0 Å². The summed E-state index contributed by atoms with van der Waals surface area (Å²) in [5.74, 6) is -0.511. The Morgan fingerprint density at radius 3 is 2.33 bits per heavy atom. The normalized spacial score (nSPS) is 22.5. The van der Waals surface area contributed by atoms with Gasteiger partial charge in [0.25, 0.3) is 0 Å². The first-order valence-corrected chi connectivity index (χ1v) is 15.6. The first-order valence-electron chi connectivity index (χ1n) is 15.6. The molecule has 3 aromatic rings. The molecule has 4 N–H and O–H groups in total. The lowest BCUT2D eigenvalue weighted by atomic mass is 9.99. The number of nitrogens with zero attached hydrogens (tertiary/aromatic N) is 1. The summed E-state index contributed by atoms with van der Waals surface area (Å²) in [5, 5.41) is 24.9. The lowest BCUT2D eigenvalue weighted by Crippen LogP contribution is -2.47. The molecule has 2 fully saturated rings. The van der Waals surface area contributed by atoms with E-state index in [1.165, 1.54) is 7.11 Å². The first kappa shape index (κ1) is 32.6. The van der Waals surface area contributed by atoms with Crippen molar-refractivity contribution in [2.45, 2.75) is 69.4 Å². The average Bonchev–Trinajstić information content (AvgIpc) is 3.54. The van der Waals surface area contributed by atoms with Crippen molar-refractivity contribution >= 4 is 12.0 Å². The molecule has 0 aromatic heterocycles. The fourth-order valence-electron chi connectivity index (χ4n) is 6.01. The Morgan fingerprint density at radius 2 is 1.64 bits per heavy atom. The van der Waals surface area contributed by atoms with Crippen molar-refractivity contribution in [2.75, 3.05) is 26.8 Å². The number of benzene rings is 3. The molecule has 5 atom stereocenters. The predicted molar refractivity (Wildman–Crippen MR) is 168 cm³/mol. The van der Waals surface area contributed by atoms with Crippen molar-refractivity contribution in [1.82, 2.24) is 15.5 Å². The highest BCUT2D eigenvalue weighted by molar-refractivity contribution is 5.83.